The van der Waals surface area contributed by atoms with E-state index in [0.717, 1.165) is 16.5 Å². The van der Waals surface area contributed by atoms with E-state index in [0.29, 0.717) is 17.8 Å². The van der Waals surface area contributed by atoms with Crippen molar-refractivity contribution in [3.8, 4) is 0 Å². The molecule has 0 aliphatic carbocycles. The molecule has 122 valence electrons. The molecule has 6 nitrogen and oxygen atoms in total. The fourth-order valence-corrected chi connectivity index (χ4v) is 2.41. The molecule has 0 radical (unpaired) electrons. The van der Waals surface area contributed by atoms with Crippen LogP contribution in [0, 0.1) is 6.92 Å². The number of aromatic carboxylic acids is 1. The number of nitrogens with one attached hydrogen (secondary N) is 1. The van der Waals surface area contributed by atoms with Gasteiger partial charge in [0.15, 0.2) is 5.58 Å². The molecule has 0 atom stereocenters. The zero-order chi connectivity index (χ0) is 17.1. The molecule has 2 N–H and O–H groups in total. The number of fused-ring (bicyclic) bond motifs is 1. The average Bonchev–Trinajstić information content (AvgIpc) is 2.95. The van der Waals surface area contributed by atoms with Crippen LogP contribution in [0.4, 0.5) is 0 Å². The number of aromatic nitrogens is 1. The Hall–Kier alpha value is -3.15. The third-order valence-corrected chi connectivity index (χ3v) is 3.72. The van der Waals surface area contributed by atoms with Crippen molar-refractivity contribution < 1.29 is 19.2 Å². The van der Waals surface area contributed by atoms with Crippen LogP contribution in [0.25, 0.3) is 11.0 Å². The van der Waals surface area contributed by atoms with Crippen LogP contribution >= 0.6 is 0 Å². The number of carbonyl (C=O) groups excluding carboxylic acids is 1. The Bertz CT molecular complexity index is 897. The highest BCUT2D eigenvalue weighted by molar-refractivity contribution is 5.88. The van der Waals surface area contributed by atoms with E-state index in [4.69, 9.17) is 9.63 Å². The van der Waals surface area contributed by atoms with Gasteiger partial charge < -0.3 is 14.9 Å². The summed E-state index contributed by atoms with van der Waals surface area (Å²) in [6, 6.07) is 12.1. The first kappa shape index (κ1) is 15.7. The number of nitrogens with zero attached hydrogens (tertiary/aromatic N) is 1. The highest BCUT2D eigenvalue weighted by Gasteiger charge is 2.12. The van der Waals surface area contributed by atoms with Gasteiger partial charge in [0.2, 0.25) is 5.91 Å². The van der Waals surface area contributed by atoms with Crippen LogP contribution in [0.2, 0.25) is 0 Å². The van der Waals surface area contributed by atoms with Crippen molar-refractivity contribution in [3.05, 3.63) is 64.8 Å². The quantitative estimate of drug-likeness (QED) is 0.753. The molecule has 3 rings (SSSR count). The van der Waals surface area contributed by atoms with Gasteiger partial charge in [0.1, 0.15) is 5.69 Å². The maximum absolute atomic E-state index is 12.1. The lowest BCUT2D eigenvalue weighted by Gasteiger charge is -2.05. The predicted octanol–water partition coefficient (Wildman–Crippen LogP) is 2.69. The van der Waals surface area contributed by atoms with Crippen LogP contribution < -0.4 is 5.32 Å². The smallest absolute Gasteiger partial charge is 0.335 e. The van der Waals surface area contributed by atoms with Crippen molar-refractivity contribution in [2.45, 2.75) is 19.9 Å². The molecular formula is C18H16N2O4. The van der Waals surface area contributed by atoms with Crippen LogP contribution in [-0.2, 0) is 17.8 Å². The van der Waals surface area contributed by atoms with E-state index >= 15 is 0 Å². The Balaban J connectivity index is 1.62. The first-order chi connectivity index (χ1) is 11.5. The molecule has 1 heterocycles. The zero-order valence-electron chi connectivity index (χ0n) is 13.1. The number of carbonyl (C=O) groups is 2. The Morgan fingerprint density at radius 1 is 1.17 bits per heavy atom. The second-order valence-electron chi connectivity index (χ2n) is 5.58. The van der Waals surface area contributed by atoms with Gasteiger partial charge in [0.05, 0.1) is 12.0 Å². The summed E-state index contributed by atoms with van der Waals surface area (Å²) in [6.45, 7) is 2.30. The minimum absolute atomic E-state index is 0.129. The number of hydrogen-bond donors (Lipinski definition) is 2. The molecule has 1 amide bonds. The van der Waals surface area contributed by atoms with Gasteiger partial charge in [0.25, 0.3) is 0 Å². The second kappa shape index (κ2) is 6.54. The first-order valence-corrected chi connectivity index (χ1v) is 7.47. The zero-order valence-corrected chi connectivity index (χ0v) is 13.1. The molecule has 0 saturated carbocycles. The third kappa shape index (κ3) is 3.43. The highest BCUT2D eigenvalue weighted by atomic mass is 16.5. The fraction of sp³-hybridized carbons (Fsp3) is 0.167. The lowest BCUT2D eigenvalue weighted by atomic mass is 10.1. The Morgan fingerprint density at radius 3 is 2.62 bits per heavy atom. The normalized spacial score (nSPS) is 10.7. The summed E-state index contributed by atoms with van der Waals surface area (Å²) in [4.78, 5) is 22.9. The summed E-state index contributed by atoms with van der Waals surface area (Å²) < 4.78 is 5.22. The summed E-state index contributed by atoms with van der Waals surface area (Å²) in [7, 11) is 0. The van der Waals surface area contributed by atoms with Gasteiger partial charge in [0, 0.05) is 11.9 Å². The van der Waals surface area contributed by atoms with Gasteiger partial charge in [-0.2, -0.15) is 0 Å². The van der Waals surface area contributed by atoms with Crippen LogP contribution in [0.5, 0.6) is 0 Å². The van der Waals surface area contributed by atoms with Gasteiger partial charge in [-0.25, -0.2) is 4.79 Å². The number of benzene rings is 2. The van der Waals surface area contributed by atoms with E-state index in [1.54, 1.807) is 12.1 Å². The van der Waals surface area contributed by atoms with Crippen molar-refractivity contribution in [1.29, 1.82) is 0 Å². The van der Waals surface area contributed by atoms with E-state index in [-0.39, 0.29) is 17.9 Å². The molecule has 0 spiro atoms. The summed E-state index contributed by atoms with van der Waals surface area (Å²) in [5.74, 6) is -1.15. The Labute approximate surface area is 138 Å². The largest absolute Gasteiger partial charge is 0.478 e. The third-order valence-electron chi connectivity index (χ3n) is 3.72. The lowest BCUT2D eigenvalue weighted by molar-refractivity contribution is -0.120. The fourth-order valence-electron chi connectivity index (χ4n) is 2.41. The summed E-state index contributed by atoms with van der Waals surface area (Å²) >= 11 is 0. The standard InChI is InChI=1S/C18H16N2O4/c1-11-2-7-16-14(8-11)15(20-24-16)9-17(21)19-10-12-3-5-13(6-4-12)18(22)23/h2-8H,9-10H2,1H3,(H,19,21)(H,22,23). The number of carboxylic acids is 1. The van der Waals surface area contributed by atoms with Crippen LogP contribution in [0.3, 0.4) is 0 Å². The number of hydrogen-bond acceptors (Lipinski definition) is 4. The molecule has 1 aromatic heterocycles. The number of carboxylic acid groups (broad SMARTS) is 1. The second-order valence-corrected chi connectivity index (χ2v) is 5.58. The summed E-state index contributed by atoms with van der Waals surface area (Å²) in [5, 5.41) is 16.5. The maximum atomic E-state index is 12.1. The molecule has 0 aliphatic heterocycles. The molecule has 2 aromatic carbocycles. The average molecular weight is 324 g/mol. The molecule has 0 unspecified atom stereocenters. The van der Waals surface area contributed by atoms with Gasteiger partial charge in [-0.05, 0) is 36.8 Å². The summed E-state index contributed by atoms with van der Waals surface area (Å²) in [6.07, 6.45) is 0.129. The monoisotopic (exact) mass is 324 g/mol. The van der Waals surface area contributed by atoms with Crippen molar-refractivity contribution >= 4 is 22.8 Å². The molecular weight excluding hydrogens is 308 g/mol. The Morgan fingerprint density at radius 2 is 1.92 bits per heavy atom. The van der Waals surface area contributed by atoms with E-state index < -0.39 is 5.97 Å². The van der Waals surface area contributed by atoms with E-state index in [1.807, 2.05) is 25.1 Å². The molecule has 0 saturated heterocycles. The van der Waals surface area contributed by atoms with E-state index in [2.05, 4.69) is 10.5 Å². The summed E-state index contributed by atoms with van der Waals surface area (Å²) in [5.41, 5.74) is 3.38. The maximum Gasteiger partial charge on any atom is 0.335 e. The van der Waals surface area contributed by atoms with Crippen LogP contribution in [0.15, 0.2) is 47.0 Å². The van der Waals surface area contributed by atoms with Gasteiger partial charge >= 0.3 is 5.97 Å². The number of rotatable bonds is 5. The van der Waals surface area contributed by atoms with Crippen molar-refractivity contribution in [3.63, 3.8) is 0 Å². The minimum Gasteiger partial charge on any atom is -0.478 e. The minimum atomic E-state index is -0.973. The number of aryl methyl sites for hydroxylation is 1. The molecule has 0 fully saturated rings. The first-order valence-electron chi connectivity index (χ1n) is 7.47. The van der Waals surface area contributed by atoms with E-state index in [9.17, 15) is 9.59 Å². The van der Waals surface area contributed by atoms with Crippen LogP contribution in [0.1, 0.15) is 27.2 Å². The Kier molecular flexibility index (Phi) is 4.29. The van der Waals surface area contributed by atoms with Gasteiger partial charge in [-0.1, -0.05) is 28.9 Å². The lowest BCUT2D eigenvalue weighted by Crippen LogP contribution is -2.24. The highest BCUT2D eigenvalue weighted by Crippen LogP contribution is 2.20. The van der Waals surface area contributed by atoms with Crippen LogP contribution in [-0.4, -0.2) is 22.1 Å². The molecule has 3 aromatic rings. The molecule has 6 heteroatoms. The van der Waals surface area contributed by atoms with Crippen molar-refractivity contribution in [2.75, 3.05) is 0 Å². The van der Waals surface area contributed by atoms with Crippen molar-refractivity contribution in [2.24, 2.45) is 0 Å². The molecule has 24 heavy (non-hydrogen) atoms. The SMILES string of the molecule is Cc1ccc2onc(CC(=O)NCc3ccc(C(=O)O)cc3)c2c1. The topological polar surface area (TPSA) is 92.4 Å². The molecule has 0 bridgehead atoms. The van der Waals surface area contributed by atoms with Crippen molar-refractivity contribution in [1.82, 2.24) is 10.5 Å². The van der Waals surface area contributed by atoms with Gasteiger partial charge in [-0.3, -0.25) is 4.79 Å². The van der Waals surface area contributed by atoms with Gasteiger partial charge in [-0.15, -0.1) is 0 Å². The molecule has 0 aliphatic rings. The number of amides is 1. The predicted molar refractivity (Wildman–Crippen MR) is 87.7 cm³/mol. The van der Waals surface area contributed by atoms with E-state index in [1.165, 1.54) is 12.1 Å².